The molecule has 0 fully saturated rings. The number of carbonyl (C=O) groups excluding carboxylic acids is 1. The van der Waals surface area contributed by atoms with E-state index in [2.05, 4.69) is 83.5 Å². The molecule has 5 nitrogen and oxygen atoms in total. The van der Waals surface area contributed by atoms with Gasteiger partial charge in [0.15, 0.2) is 0 Å². The highest BCUT2D eigenvalue weighted by Gasteiger charge is 2.24. The highest BCUT2D eigenvalue weighted by atomic mass is 16.1. The second-order valence-electron chi connectivity index (χ2n) is 10.8. The molecule has 1 heterocycles. The Balaban J connectivity index is 1.48. The van der Waals surface area contributed by atoms with Crippen LogP contribution in [0.2, 0.25) is 0 Å². The fourth-order valence-electron chi connectivity index (χ4n) is 6.07. The number of rotatable bonds is 5. The largest absolute Gasteiger partial charge is 0.359 e. The summed E-state index contributed by atoms with van der Waals surface area (Å²) in [6.45, 7) is 4.59. The minimum atomic E-state index is -0.410. The maximum atomic E-state index is 12.8. The Hall–Kier alpha value is -4.95. The second kappa shape index (κ2) is 10.9. The lowest BCUT2D eigenvalue weighted by atomic mass is 9.93. The van der Waals surface area contributed by atoms with E-state index in [0.717, 1.165) is 68.7 Å². The van der Waals surface area contributed by atoms with E-state index < -0.39 is 5.92 Å². The molecule has 0 saturated heterocycles. The zero-order valence-electron chi connectivity index (χ0n) is 23.6. The Bertz CT molecular complexity index is 1860. The minimum Gasteiger partial charge on any atom is -0.359 e. The molecule has 0 bridgehead atoms. The first kappa shape index (κ1) is 26.3. The van der Waals surface area contributed by atoms with E-state index in [4.69, 9.17) is 4.98 Å². The monoisotopic (exact) mass is 536 g/mol. The van der Waals surface area contributed by atoms with Crippen molar-refractivity contribution in [3.05, 3.63) is 130 Å². The summed E-state index contributed by atoms with van der Waals surface area (Å²) in [5, 5.41) is 12.4. The van der Waals surface area contributed by atoms with Crippen molar-refractivity contribution < 1.29 is 4.79 Å². The predicted molar refractivity (Wildman–Crippen MR) is 164 cm³/mol. The summed E-state index contributed by atoms with van der Waals surface area (Å²) in [4.78, 5) is 17.8. The van der Waals surface area contributed by atoms with Gasteiger partial charge in [-0.15, -0.1) is 0 Å². The number of hydrogen-bond acceptors (Lipinski definition) is 3. The molecule has 0 spiro atoms. The smallest absolute Gasteiger partial charge is 0.230 e. The molecule has 1 N–H and O–H groups in total. The molecule has 202 valence electrons. The average Bonchev–Trinajstić information content (AvgIpc) is 3.29. The van der Waals surface area contributed by atoms with Crippen LogP contribution in [0.25, 0.3) is 27.7 Å². The summed E-state index contributed by atoms with van der Waals surface area (Å²) >= 11 is 0. The fourth-order valence-corrected chi connectivity index (χ4v) is 6.07. The number of nitriles is 1. The van der Waals surface area contributed by atoms with Gasteiger partial charge < -0.3 is 9.88 Å². The summed E-state index contributed by atoms with van der Waals surface area (Å²) < 4.78 is 2.20. The lowest BCUT2D eigenvalue weighted by Crippen LogP contribution is -2.26. The van der Waals surface area contributed by atoms with E-state index >= 15 is 0 Å². The first-order valence-electron chi connectivity index (χ1n) is 14.1. The number of fused-ring (bicyclic) bond motifs is 3. The number of carbonyl (C=O) groups is 1. The number of nitrogens with one attached hydrogen (secondary N) is 1. The molecule has 5 heteroatoms. The highest BCUT2D eigenvalue weighted by molar-refractivity contribution is 5.89. The molecular formula is C36H32N4O. The standard InChI is InChI=1S/C36H32N4O/c1-23-19-29(26-9-5-4-6-10-26)21-33-34(23)39-35(24(2)36(41)38-3)40(33)22-25-13-16-31-28(20-25)15-14-27-11-7-8-12-30(27)32(31)17-18-37/h4-13,16-17,19-21,24H,14-15,22H2,1-3H3,(H,38,41)/b32-17+. The van der Waals surface area contributed by atoms with Gasteiger partial charge in [-0.3, -0.25) is 4.79 Å². The fraction of sp³-hybridized carbons (Fsp3) is 0.194. The average molecular weight is 537 g/mol. The Morgan fingerprint density at radius 1 is 0.976 bits per heavy atom. The van der Waals surface area contributed by atoms with Gasteiger partial charge in [0, 0.05) is 19.7 Å². The van der Waals surface area contributed by atoms with E-state index in [9.17, 15) is 10.1 Å². The summed E-state index contributed by atoms with van der Waals surface area (Å²) in [5.74, 6) is 0.279. The van der Waals surface area contributed by atoms with Crippen LogP contribution >= 0.6 is 0 Å². The summed E-state index contributed by atoms with van der Waals surface area (Å²) in [6, 6.07) is 31.9. The van der Waals surface area contributed by atoms with Crippen molar-refractivity contribution in [1.82, 2.24) is 14.9 Å². The van der Waals surface area contributed by atoms with Gasteiger partial charge in [-0.2, -0.15) is 5.26 Å². The summed E-state index contributed by atoms with van der Waals surface area (Å²) in [6.07, 6.45) is 3.48. The van der Waals surface area contributed by atoms with Gasteiger partial charge in [0.05, 0.1) is 23.0 Å². The van der Waals surface area contributed by atoms with E-state index in [1.165, 1.54) is 11.1 Å². The van der Waals surface area contributed by atoms with Gasteiger partial charge in [0.25, 0.3) is 0 Å². The van der Waals surface area contributed by atoms with Crippen LogP contribution in [-0.4, -0.2) is 22.5 Å². The quantitative estimate of drug-likeness (QED) is 0.247. The molecule has 4 aromatic carbocycles. The number of amides is 1. The molecule has 41 heavy (non-hydrogen) atoms. The van der Waals surface area contributed by atoms with Gasteiger partial charge in [0.1, 0.15) is 5.82 Å². The third kappa shape index (κ3) is 4.83. The highest BCUT2D eigenvalue weighted by Crippen LogP contribution is 2.35. The molecule has 1 unspecified atom stereocenters. The lowest BCUT2D eigenvalue weighted by molar-refractivity contribution is -0.121. The first-order chi connectivity index (χ1) is 20.0. The van der Waals surface area contributed by atoms with E-state index in [0.29, 0.717) is 6.54 Å². The van der Waals surface area contributed by atoms with Crippen molar-refractivity contribution >= 4 is 22.5 Å². The van der Waals surface area contributed by atoms with Gasteiger partial charge in [-0.05, 0) is 88.9 Å². The van der Waals surface area contributed by atoms with Gasteiger partial charge >= 0.3 is 0 Å². The van der Waals surface area contributed by atoms with E-state index in [1.54, 1.807) is 13.1 Å². The van der Waals surface area contributed by atoms with Crippen LogP contribution in [0.1, 0.15) is 52.0 Å². The van der Waals surface area contributed by atoms with Crippen LogP contribution in [0.4, 0.5) is 0 Å². The van der Waals surface area contributed by atoms with Crippen molar-refractivity contribution in [2.75, 3.05) is 7.05 Å². The molecule has 1 atom stereocenters. The third-order valence-electron chi connectivity index (χ3n) is 8.19. The van der Waals surface area contributed by atoms with Crippen LogP contribution in [0.15, 0.2) is 91.0 Å². The van der Waals surface area contributed by atoms with Crippen LogP contribution in [0.5, 0.6) is 0 Å². The number of benzene rings is 4. The van der Waals surface area contributed by atoms with Crippen molar-refractivity contribution in [3.8, 4) is 17.2 Å². The number of imidazole rings is 1. The third-order valence-corrected chi connectivity index (χ3v) is 8.19. The number of aryl methyl sites for hydroxylation is 3. The van der Waals surface area contributed by atoms with Gasteiger partial charge in [-0.1, -0.05) is 72.8 Å². The molecule has 0 radical (unpaired) electrons. The molecule has 5 aromatic rings. The number of aromatic nitrogens is 2. The SMILES string of the molecule is CNC(=O)C(C)c1nc2c(C)cc(-c3ccccc3)cc2n1Cc1ccc2c(c1)CCc1ccccc1/C2=C\C#N. The van der Waals surface area contributed by atoms with Crippen LogP contribution < -0.4 is 5.32 Å². The van der Waals surface area contributed by atoms with Crippen LogP contribution in [-0.2, 0) is 24.2 Å². The van der Waals surface area contributed by atoms with Gasteiger partial charge in [-0.25, -0.2) is 4.98 Å². The van der Waals surface area contributed by atoms with Crippen molar-refractivity contribution in [1.29, 1.82) is 5.26 Å². The number of nitrogens with zero attached hydrogens (tertiary/aromatic N) is 3. The zero-order chi connectivity index (χ0) is 28.5. The number of hydrogen-bond donors (Lipinski definition) is 1. The molecule has 1 amide bonds. The molecule has 0 aliphatic heterocycles. The Morgan fingerprint density at radius 2 is 1.71 bits per heavy atom. The summed E-state index contributed by atoms with van der Waals surface area (Å²) in [7, 11) is 1.67. The minimum absolute atomic E-state index is 0.0616. The number of likely N-dealkylation sites (N-methyl/N-ethyl adjacent to an activating group) is 1. The van der Waals surface area contributed by atoms with E-state index in [1.807, 2.05) is 31.2 Å². The maximum absolute atomic E-state index is 12.8. The normalized spacial score (nSPS) is 14.1. The van der Waals surface area contributed by atoms with Crippen molar-refractivity contribution in [3.63, 3.8) is 0 Å². The lowest BCUT2D eigenvalue weighted by Gasteiger charge is -2.16. The maximum Gasteiger partial charge on any atom is 0.230 e. The first-order valence-corrected chi connectivity index (χ1v) is 14.1. The van der Waals surface area contributed by atoms with Crippen molar-refractivity contribution in [2.45, 2.75) is 39.2 Å². The summed E-state index contributed by atoms with van der Waals surface area (Å²) in [5.41, 5.74) is 12.1. The molecule has 1 aliphatic carbocycles. The Kier molecular flexibility index (Phi) is 6.99. The van der Waals surface area contributed by atoms with E-state index in [-0.39, 0.29) is 5.91 Å². The van der Waals surface area contributed by atoms with Gasteiger partial charge in [0.2, 0.25) is 5.91 Å². The molecule has 1 aliphatic rings. The van der Waals surface area contributed by atoms with Crippen molar-refractivity contribution in [2.24, 2.45) is 0 Å². The second-order valence-corrected chi connectivity index (χ2v) is 10.8. The number of allylic oxidation sites excluding steroid dienone is 1. The Labute approximate surface area is 240 Å². The van der Waals surface area contributed by atoms with Crippen LogP contribution in [0, 0.1) is 18.3 Å². The predicted octanol–water partition coefficient (Wildman–Crippen LogP) is 6.96. The molecule has 0 saturated carbocycles. The zero-order valence-corrected chi connectivity index (χ0v) is 23.6. The Morgan fingerprint density at radius 3 is 2.49 bits per heavy atom. The molecule has 6 rings (SSSR count). The van der Waals surface area contributed by atoms with Crippen LogP contribution in [0.3, 0.4) is 0 Å². The molecular weight excluding hydrogens is 504 g/mol. The molecule has 1 aromatic heterocycles. The topological polar surface area (TPSA) is 70.7 Å².